The molecule has 26 heavy (non-hydrogen) atoms. The van der Waals surface area contributed by atoms with Crippen LogP contribution in [0, 0.1) is 0 Å². The predicted octanol–water partition coefficient (Wildman–Crippen LogP) is 5.32. The number of methoxy groups -OCH3 is 1. The van der Waals surface area contributed by atoms with Crippen LogP contribution in [0.5, 0.6) is 5.75 Å². The summed E-state index contributed by atoms with van der Waals surface area (Å²) in [6, 6.07) is 8.89. The van der Waals surface area contributed by atoms with E-state index in [0.717, 1.165) is 42.9 Å². The van der Waals surface area contributed by atoms with Crippen LogP contribution in [0.15, 0.2) is 24.3 Å². The summed E-state index contributed by atoms with van der Waals surface area (Å²) in [7, 11) is 1.71. The number of amides is 1. The van der Waals surface area contributed by atoms with Crippen molar-refractivity contribution < 1.29 is 9.53 Å². The van der Waals surface area contributed by atoms with E-state index in [0.29, 0.717) is 6.04 Å². The van der Waals surface area contributed by atoms with E-state index < -0.39 is 0 Å². The summed E-state index contributed by atoms with van der Waals surface area (Å²) >= 11 is 1.67. The largest absolute Gasteiger partial charge is 0.497 e. The maximum absolute atomic E-state index is 13.2. The zero-order chi connectivity index (χ0) is 18.1. The van der Waals surface area contributed by atoms with Crippen molar-refractivity contribution >= 4 is 17.2 Å². The third-order valence-electron chi connectivity index (χ3n) is 5.86. The Hall–Kier alpha value is -1.81. The standard InChI is InChI=1S/C22H27NO2S/c1-3-23(17-7-5-4-6-8-17)22(24)20-13-16-10-9-15-11-12-18(25-2)14-19(15)21(16)26-20/h11-14,17H,3-10H2,1-2H3. The van der Waals surface area contributed by atoms with Crippen LogP contribution < -0.4 is 4.74 Å². The highest BCUT2D eigenvalue weighted by Crippen LogP contribution is 2.41. The fraction of sp³-hybridized carbons (Fsp3) is 0.500. The Kier molecular flexibility index (Phi) is 5.03. The fourth-order valence-corrected chi connectivity index (χ4v) is 5.65. The molecule has 4 heteroatoms. The number of hydrogen-bond donors (Lipinski definition) is 0. The minimum atomic E-state index is 0.225. The highest BCUT2D eigenvalue weighted by Gasteiger charge is 2.28. The number of aryl methyl sites for hydroxylation is 2. The molecule has 0 unspecified atom stereocenters. The maximum Gasteiger partial charge on any atom is 0.264 e. The Balaban J connectivity index is 1.65. The second-order valence-electron chi connectivity index (χ2n) is 7.37. The minimum absolute atomic E-state index is 0.225. The lowest BCUT2D eigenvalue weighted by Gasteiger charge is -2.33. The molecule has 1 amide bonds. The van der Waals surface area contributed by atoms with Gasteiger partial charge in [0.2, 0.25) is 0 Å². The van der Waals surface area contributed by atoms with Gasteiger partial charge in [0.1, 0.15) is 5.75 Å². The second kappa shape index (κ2) is 7.43. The van der Waals surface area contributed by atoms with Crippen molar-refractivity contribution in [1.29, 1.82) is 0 Å². The molecule has 2 aliphatic rings. The van der Waals surface area contributed by atoms with Crippen molar-refractivity contribution in [3.63, 3.8) is 0 Å². The van der Waals surface area contributed by atoms with Crippen LogP contribution in [0.2, 0.25) is 0 Å². The van der Waals surface area contributed by atoms with Gasteiger partial charge in [-0.1, -0.05) is 25.3 Å². The molecule has 1 fully saturated rings. The number of thiophene rings is 1. The predicted molar refractivity (Wildman–Crippen MR) is 107 cm³/mol. The highest BCUT2D eigenvalue weighted by atomic mass is 32.1. The van der Waals surface area contributed by atoms with Gasteiger partial charge in [0.15, 0.2) is 0 Å². The molecule has 2 aromatic rings. The van der Waals surface area contributed by atoms with E-state index in [1.807, 2.05) is 6.07 Å². The number of nitrogens with zero attached hydrogens (tertiary/aromatic N) is 1. The Morgan fingerprint density at radius 3 is 2.65 bits per heavy atom. The smallest absolute Gasteiger partial charge is 0.264 e. The van der Waals surface area contributed by atoms with Gasteiger partial charge in [-0.2, -0.15) is 0 Å². The molecule has 4 rings (SSSR count). The molecular weight excluding hydrogens is 342 g/mol. The molecule has 0 atom stereocenters. The van der Waals surface area contributed by atoms with Crippen molar-refractivity contribution in [1.82, 2.24) is 4.90 Å². The first-order chi connectivity index (χ1) is 12.7. The van der Waals surface area contributed by atoms with Crippen molar-refractivity contribution in [2.24, 2.45) is 0 Å². The quantitative estimate of drug-likeness (QED) is 0.730. The summed E-state index contributed by atoms with van der Waals surface area (Å²) in [5.41, 5.74) is 3.92. The summed E-state index contributed by atoms with van der Waals surface area (Å²) in [6.45, 7) is 2.91. The van der Waals surface area contributed by atoms with Crippen LogP contribution in [0.4, 0.5) is 0 Å². The van der Waals surface area contributed by atoms with Crippen molar-refractivity contribution in [3.8, 4) is 16.2 Å². The Bertz CT molecular complexity index is 804. The third kappa shape index (κ3) is 3.16. The van der Waals surface area contributed by atoms with Gasteiger partial charge >= 0.3 is 0 Å². The van der Waals surface area contributed by atoms with Gasteiger partial charge in [0.25, 0.3) is 5.91 Å². The Morgan fingerprint density at radius 2 is 1.92 bits per heavy atom. The lowest BCUT2D eigenvalue weighted by Crippen LogP contribution is -2.41. The molecule has 1 saturated carbocycles. The minimum Gasteiger partial charge on any atom is -0.497 e. The summed E-state index contributed by atoms with van der Waals surface area (Å²) in [4.78, 5) is 17.5. The van der Waals surface area contributed by atoms with Crippen LogP contribution in [0.1, 0.15) is 59.8 Å². The molecule has 0 bridgehead atoms. The van der Waals surface area contributed by atoms with Gasteiger partial charge in [-0.25, -0.2) is 0 Å². The zero-order valence-electron chi connectivity index (χ0n) is 15.7. The van der Waals surface area contributed by atoms with E-state index in [4.69, 9.17) is 4.74 Å². The normalized spacial score (nSPS) is 16.7. The molecule has 3 nitrogen and oxygen atoms in total. The average molecular weight is 370 g/mol. The number of carbonyl (C=O) groups is 1. The van der Waals surface area contributed by atoms with E-state index >= 15 is 0 Å². The molecular formula is C22H27NO2S. The number of ether oxygens (including phenoxy) is 1. The van der Waals surface area contributed by atoms with Crippen LogP contribution in [-0.4, -0.2) is 30.5 Å². The molecule has 1 aromatic heterocycles. The van der Waals surface area contributed by atoms with Crippen LogP contribution in [-0.2, 0) is 12.8 Å². The van der Waals surface area contributed by atoms with E-state index in [1.54, 1.807) is 18.4 Å². The first-order valence-electron chi connectivity index (χ1n) is 9.82. The topological polar surface area (TPSA) is 29.5 Å². The molecule has 0 spiro atoms. The Labute approximate surface area is 160 Å². The van der Waals surface area contributed by atoms with Gasteiger partial charge < -0.3 is 9.64 Å². The lowest BCUT2D eigenvalue weighted by molar-refractivity contribution is 0.0653. The van der Waals surface area contributed by atoms with E-state index in [2.05, 4.69) is 30.0 Å². The van der Waals surface area contributed by atoms with E-state index in [9.17, 15) is 4.79 Å². The van der Waals surface area contributed by atoms with Crippen molar-refractivity contribution in [2.75, 3.05) is 13.7 Å². The number of benzene rings is 1. The number of hydrogen-bond acceptors (Lipinski definition) is 3. The molecule has 0 N–H and O–H groups in total. The van der Waals surface area contributed by atoms with Gasteiger partial charge in [0.05, 0.1) is 12.0 Å². The lowest BCUT2D eigenvalue weighted by atomic mass is 9.91. The van der Waals surface area contributed by atoms with Crippen molar-refractivity contribution in [3.05, 3.63) is 40.3 Å². The van der Waals surface area contributed by atoms with Gasteiger partial charge in [-0.15, -0.1) is 11.3 Å². The summed E-state index contributed by atoms with van der Waals surface area (Å²) in [5.74, 6) is 1.11. The van der Waals surface area contributed by atoms with E-state index in [-0.39, 0.29) is 5.91 Å². The SMILES string of the molecule is CCN(C(=O)c1cc2c(s1)-c1cc(OC)ccc1CC2)C1CCCCC1. The van der Waals surface area contributed by atoms with Crippen LogP contribution >= 0.6 is 11.3 Å². The first kappa shape index (κ1) is 17.6. The Morgan fingerprint density at radius 1 is 1.15 bits per heavy atom. The average Bonchev–Trinajstić information content (AvgIpc) is 3.14. The number of fused-ring (bicyclic) bond motifs is 3. The third-order valence-corrected chi connectivity index (χ3v) is 7.06. The zero-order valence-corrected chi connectivity index (χ0v) is 16.5. The molecule has 1 aromatic carbocycles. The summed E-state index contributed by atoms with van der Waals surface area (Å²) in [6.07, 6.45) is 8.19. The maximum atomic E-state index is 13.2. The van der Waals surface area contributed by atoms with Crippen molar-refractivity contribution in [2.45, 2.75) is 57.9 Å². The highest BCUT2D eigenvalue weighted by molar-refractivity contribution is 7.17. The monoisotopic (exact) mass is 369 g/mol. The van der Waals surface area contributed by atoms with Gasteiger partial charge in [0, 0.05) is 17.5 Å². The second-order valence-corrected chi connectivity index (χ2v) is 8.42. The van der Waals surface area contributed by atoms with Gasteiger partial charge in [-0.3, -0.25) is 4.79 Å². The molecule has 0 saturated heterocycles. The summed E-state index contributed by atoms with van der Waals surface area (Å²) < 4.78 is 5.41. The first-order valence-corrected chi connectivity index (χ1v) is 10.6. The molecule has 0 aliphatic heterocycles. The summed E-state index contributed by atoms with van der Waals surface area (Å²) in [5, 5.41) is 0. The number of rotatable bonds is 4. The molecule has 0 radical (unpaired) electrons. The van der Waals surface area contributed by atoms with Crippen LogP contribution in [0.3, 0.4) is 0 Å². The van der Waals surface area contributed by atoms with Crippen LogP contribution in [0.25, 0.3) is 10.4 Å². The van der Waals surface area contributed by atoms with Gasteiger partial charge in [-0.05, 0) is 67.5 Å². The molecule has 1 heterocycles. The fourth-order valence-electron chi connectivity index (χ4n) is 4.43. The number of carbonyl (C=O) groups excluding carboxylic acids is 1. The molecule has 138 valence electrons. The van der Waals surface area contributed by atoms with E-state index in [1.165, 1.54) is 40.8 Å². The molecule has 2 aliphatic carbocycles.